The standard InChI is InChI=1S/C23H25F2N3O2/c24-19-5-4-16(11-20(19)25)18-12-21(18)27-13-14-2-1-3-17(10-14)23(30)28-8-6-15(7-9-28)22(26)29/h1-5,10-11,15,18,21,27H,6-9,12-13H2,(H2,26,29)/t18-,21+/m0/s1. The van der Waals surface area contributed by atoms with Gasteiger partial charge in [0.2, 0.25) is 5.91 Å². The number of hydrogen-bond acceptors (Lipinski definition) is 3. The molecule has 2 amide bonds. The summed E-state index contributed by atoms with van der Waals surface area (Å²) in [5.74, 6) is -1.95. The molecule has 2 aromatic rings. The van der Waals surface area contributed by atoms with E-state index in [0.717, 1.165) is 17.5 Å². The molecule has 1 aliphatic carbocycles. The second-order valence-electron chi connectivity index (χ2n) is 8.17. The first-order valence-corrected chi connectivity index (χ1v) is 10.3. The Morgan fingerprint density at radius 3 is 2.53 bits per heavy atom. The third kappa shape index (κ3) is 4.51. The summed E-state index contributed by atoms with van der Waals surface area (Å²) in [6, 6.07) is 11.8. The molecule has 2 fully saturated rings. The average Bonchev–Trinajstić information content (AvgIpc) is 3.54. The lowest BCUT2D eigenvalue weighted by atomic mass is 9.95. The molecule has 7 heteroatoms. The number of primary amides is 1. The maximum absolute atomic E-state index is 13.4. The molecule has 0 radical (unpaired) electrons. The van der Waals surface area contributed by atoms with Gasteiger partial charge >= 0.3 is 0 Å². The van der Waals surface area contributed by atoms with Gasteiger partial charge in [0.05, 0.1) is 0 Å². The van der Waals surface area contributed by atoms with Crippen molar-refractivity contribution in [3.8, 4) is 0 Å². The van der Waals surface area contributed by atoms with Crippen LogP contribution >= 0.6 is 0 Å². The molecular weight excluding hydrogens is 388 g/mol. The normalized spacial score (nSPS) is 21.5. The van der Waals surface area contributed by atoms with E-state index in [0.29, 0.717) is 38.0 Å². The molecule has 0 aromatic heterocycles. The second-order valence-corrected chi connectivity index (χ2v) is 8.17. The van der Waals surface area contributed by atoms with Gasteiger partial charge in [0.1, 0.15) is 0 Å². The average molecular weight is 413 g/mol. The van der Waals surface area contributed by atoms with Crippen LogP contribution in [0.25, 0.3) is 0 Å². The van der Waals surface area contributed by atoms with Gasteiger partial charge in [-0.05, 0) is 54.7 Å². The molecule has 30 heavy (non-hydrogen) atoms. The molecule has 1 saturated heterocycles. The summed E-state index contributed by atoms with van der Waals surface area (Å²) >= 11 is 0. The number of carbonyl (C=O) groups excluding carboxylic acids is 2. The Morgan fingerprint density at radius 2 is 1.83 bits per heavy atom. The summed E-state index contributed by atoms with van der Waals surface area (Å²) in [6.45, 7) is 1.66. The Balaban J connectivity index is 1.31. The van der Waals surface area contributed by atoms with E-state index >= 15 is 0 Å². The molecule has 0 bridgehead atoms. The van der Waals surface area contributed by atoms with Crippen molar-refractivity contribution in [1.82, 2.24) is 10.2 Å². The summed E-state index contributed by atoms with van der Waals surface area (Å²) in [7, 11) is 0. The Morgan fingerprint density at radius 1 is 1.07 bits per heavy atom. The number of piperidine rings is 1. The zero-order valence-corrected chi connectivity index (χ0v) is 16.6. The van der Waals surface area contributed by atoms with Crippen LogP contribution in [0, 0.1) is 17.6 Å². The Labute approximate surface area is 174 Å². The molecule has 1 aliphatic heterocycles. The van der Waals surface area contributed by atoms with E-state index in [2.05, 4.69) is 5.32 Å². The van der Waals surface area contributed by atoms with Crippen molar-refractivity contribution >= 4 is 11.8 Å². The van der Waals surface area contributed by atoms with Crippen LogP contribution in [0.5, 0.6) is 0 Å². The van der Waals surface area contributed by atoms with Crippen LogP contribution in [-0.4, -0.2) is 35.8 Å². The molecule has 4 rings (SSSR count). The molecule has 0 spiro atoms. The number of carbonyl (C=O) groups is 2. The minimum Gasteiger partial charge on any atom is -0.369 e. The van der Waals surface area contributed by atoms with Gasteiger partial charge in [-0.15, -0.1) is 0 Å². The predicted molar refractivity (Wildman–Crippen MR) is 109 cm³/mol. The van der Waals surface area contributed by atoms with Crippen LogP contribution in [0.4, 0.5) is 8.78 Å². The van der Waals surface area contributed by atoms with Gasteiger partial charge < -0.3 is 16.0 Å². The van der Waals surface area contributed by atoms with Crippen LogP contribution in [0.1, 0.15) is 46.7 Å². The van der Waals surface area contributed by atoms with Crippen LogP contribution in [-0.2, 0) is 11.3 Å². The number of amides is 2. The SMILES string of the molecule is NC(=O)C1CCN(C(=O)c2cccc(CN[C@@H]3C[C@H]3c3ccc(F)c(F)c3)c2)CC1. The number of halogens is 2. The summed E-state index contributed by atoms with van der Waals surface area (Å²) in [6.07, 6.45) is 2.09. The number of hydrogen-bond donors (Lipinski definition) is 2. The molecular formula is C23H25F2N3O2. The first-order chi connectivity index (χ1) is 14.4. The molecule has 158 valence electrons. The van der Waals surface area contributed by atoms with Crippen molar-refractivity contribution in [3.05, 3.63) is 70.8 Å². The van der Waals surface area contributed by atoms with Crippen LogP contribution < -0.4 is 11.1 Å². The smallest absolute Gasteiger partial charge is 0.253 e. The highest BCUT2D eigenvalue weighted by atomic mass is 19.2. The fourth-order valence-electron chi connectivity index (χ4n) is 4.14. The molecule has 1 heterocycles. The fourth-order valence-corrected chi connectivity index (χ4v) is 4.14. The maximum atomic E-state index is 13.4. The van der Waals surface area contributed by atoms with Crippen molar-refractivity contribution in [2.24, 2.45) is 11.7 Å². The van der Waals surface area contributed by atoms with Crippen LogP contribution in [0.2, 0.25) is 0 Å². The number of nitrogens with zero attached hydrogens (tertiary/aromatic N) is 1. The van der Waals surface area contributed by atoms with Crippen molar-refractivity contribution < 1.29 is 18.4 Å². The Bertz CT molecular complexity index is 957. The van der Waals surface area contributed by atoms with Gasteiger partial charge in [-0.1, -0.05) is 18.2 Å². The van der Waals surface area contributed by atoms with Crippen molar-refractivity contribution in [2.45, 2.75) is 37.8 Å². The van der Waals surface area contributed by atoms with Gasteiger partial charge in [-0.3, -0.25) is 9.59 Å². The minimum absolute atomic E-state index is 0.0362. The van der Waals surface area contributed by atoms with Gasteiger partial charge in [-0.25, -0.2) is 8.78 Å². The number of benzene rings is 2. The monoisotopic (exact) mass is 413 g/mol. The van der Waals surface area contributed by atoms with E-state index in [9.17, 15) is 18.4 Å². The van der Waals surface area contributed by atoms with E-state index in [1.807, 2.05) is 18.2 Å². The highest BCUT2D eigenvalue weighted by Crippen LogP contribution is 2.41. The van der Waals surface area contributed by atoms with Gasteiger partial charge in [0, 0.05) is 43.1 Å². The number of likely N-dealkylation sites (tertiary alicyclic amines) is 1. The van der Waals surface area contributed by atoms with Crippen molar-refractivity contribution in [1.29, 1.82) is 0 Å². The van der Waals surface area contributed by atoms with E-state index < -0.39 is 11.6 Å². The molecule has 3 N–H and O–H groups in total. The number of nitrogens with one attached hydrogen (secondary N) is 1. The molecule has 2 aliphatic rings. The van der Waals surface area contributed by atoms with Gasteiger partial charge in [0.15, 0.2) is 11.6 Å². The lowest BCUT2D eigenvalue weighted by molar-refractivity contribution is -0.123. The topological polar surface area (TPSA) is 75.4 Å². The quantitative estimate of drug-likeness (QED) is 0.765. The fraction of sp³-hybridized carbons (Fsp3) is 0.391. The Hall–Kier alpha value is -2.80. The number of nitrogens with two attached hydrogens (primary N) is 1. The predicted octanol–water partition coefficient (Wildman–Crippen LogP) is 2.95. The summed E-state index contributed by atoms with van der Waals surface area (Å²) in [5.41, 5.74) is 7.77. The third-order valence-electron chi connectivity index (χ3n) is 6.09. The number of rotatable bonds is 6. The van der Waals surface area contributed by atoms with Gasteiger partial charge in [0.25, 0.3) is 5.91 Å². The molecule has 2 aromatic carbocycles. The molecule has 1 saturated carbocycles. The lowest BCUT2D eigenvalue weighted by Crippen LogP contribution is -2.41. The zero-order valence-electron chi connectivity index (χ0n) is 16.6. The second kappa shape index (κ2) is 8.52. The molecule has 2 atom stereocenters. The molecule has 0 unspecified atom stereocenters. The summed E-state index contributed by atoms with van der Waals surface area (Å²) < 4.78 is 26.5. The maximum Gasteiger partial charge on any atom is 0.253 e. The van der Waals surface area contributed by atoms with E-state index in [4.69, 9.17) is 5.73 Å². The first kappa shape index (κ1) is 20.5. The van der Waals surface area contributed by atoms with Gasteiger partial charge in [-0.2, -0.15) is 0 Å². The van der Waals surface area contributed by atoms with E-state index in [-0.39, 0.29) is 29.7 Å². The lowest BCUT2D eigenvalue weighted by Gasteiger charge is -2.30. The third-order valence-corrected chi connectivity index (χ3v) is 6.09. The first-order valence-electron chi connectivity index (χ1n) is 10.3. The van der Waals surface area contributed by atoms with Crippen molar-refractivity contribution in [3.63, 3.8) is 0 Å². The highest BCUT2D eigenvalue weighted by Gasteiger charge is 2.38. The van der Waals surface area contributed by atoms with Crippen molar-refractivity contribution in [2.75, 3.05) is 13.1 Å². The van der Waals surface area contributed by atoms with Crippen LogP contribution in [0.15, 0.2) is 42.5 Å². The minimum atomic E-state index is -0.829. The largest absolute Gasteiger partial charge is 0.369 e. The molecule has 5 nitrogen and oxygen atoms in total. The van der Waals surface area contributed by atoms with Crippen LogP contribution in [0.3, 0.4) is 0 Å². The highest BCUT2D eigenvalue weighted by molar-refractivity contribution is 5.94. The van der Waals surface area contributed by atoms with E-state index in [1.165, 1.54) is 12.1 Å². The van der Waals surface area contributed by atoms with E-state index in [1.54, 1.807) is 17.0 Å². The summed E-state index contributed by atoms with van der Waals surface area (Å²) in [4.78, 5) is 25.9. The zero-order chi connectivity index (χ0) is 21.3. The summed E-state index contributed by atoms with van der Waals surface area (Å²) in [5, 5.41) is 3.43. The Kier molecular flexibility index (Phi) is 5.81.